The van der Waals surface area contributed by atoms with Crippen LogP contribution in [0.2, 0.25) is 0 Å². The Bertz CT molecular complexity index is 773. The second-order valence-corrected chi connectivity index (χ2v) is 6.17. The fourth-order valence-corrected chi connectivity index (χ4v) is 3.08. The largest absolute Gasteiger partial charge is 0.496 e. The van der Waals surface area contributed by atoms with E-state index in [1.165, 1.54) is 0 Å². The van der Waals surface area contributed by atoms with Crippen molar-refractivity contribution in [2.24, 2.45) is 5.92 Å². The highest BCUT2D eigenvalue weighted by atomic mass is 16.5. The number of carbonyl (C=O) groups is 2. The van der Waals surface area contributed by atoms with Crippen molar-refractivity contribution >= 4 is 17.5 Å². The summed E-state index contributed by atoms with van der Waals surface area (Å²) in [6.07, 6.45) is 1.55. The molecule has 2 N–H and O–H groups in total. The highest BCUT2D eigenvalue weighted by Crippen LogP contribution is 2.27. The van der Waals surface area contributed by atoms with E-state index < -0.39 is 0 Å². The van der Waals surface area contributed by atoms with Crippen LogP contribution in [0.3, 0.4) is 0 Å². The molecule has 0 saturated carbocycles. The molecular weight excluding hydrogens is 316 g/mol. The molecule has 2 amide bonds. The summed E-state index contributed by atoms with van der Waals surface area (Å²) in [6, 6.07) is 15.4. The van der Waals surface area contributed by atoms with Crippen molar-refractivity contribution in [1.29, 1.82) is 0 Å². The Labute approximate surface area is 147 Å². The van der Waals surface area contributed by atoms with Crippen molar-refractivity contribution in [2.45, 2.75) is 25.8 Å². The van der Waals surface area contributed by atoms with Crippen molar-refractivity contribution in [1.82, 2.24) is 5.32 Å². The maximum Gasteiger partial charge on any atom is 0.227 e. The number of hydrogen-bond donors (Lipinski definition) is 2. The third-order valence-electron chi connectivity index (χ3n) is 4.50. The van der Waals surface area contributed by atoms with Gasteiger partial charge in [0.2, 0.25) is 11.8 Å². The fraction of sp³-hybridized carbons (Fsp3) is 0.300. The van der Waals surface area contributed by atoms with E-state index in [-0.39, 0.29) is 17.7 Å². The zero-order valence-electron chi connectivity index (χ0n) is 14.2. The van der Waals surface area contributed by atoms with Gasteiger partial charge in [0.05, 0.1) is 7.11 Å². The lowest BCUT2D eigenvalue weighted by Crippen LogP contribution is -2.31. The number of ether oxygens (including phenoxy) is 1. The van der Waals surface area contributed by atoms with Crippen molar-refractivity contribution in [3.8, 4) is 5.75 Å². The molecule has 5 nitrogen and oxygen atoms in total. The van der Waals surface area contributed by atoms with Gasteiger partial charge in [0.1, 0.15) is 5.75 Å². The van der Waals surface area contributed by atoms with Crippen LogP contribution in [0.1, 0.15) is 24.0 Å². The van der Waals surface area contributed by atoms with E-state index in [9.17, 15) is 9.59 Å². The lowest BCUT2D eigenvalue weighted by molar-refractivity contribution is -0.122. The smallest absolute Gasteiger partial charge is 0.227 e. The minimum atomic E-state index is -0.160. The zero-order valence-corrected chi connectivity index (χ0v) is 14.2. The lowest BCUT2D eigenvalue weighted by atomic mass is 9.89. The SMILES string of the molecule is COc1ccccc1CNC(=O)CCC1Cc2ccccc2NC1=O. The maximum absolute atomic E-state index is 12.2. The van der Waals surface area contributed by atoms with Gasteiger partial charge in [0.25, 0.3) is 0 Å². The molecule has 0 spiro atoms. The first-order valence-corrected chi connectivity index (χ1v) is 8.44. The Morgan fingerprint density at radius 3 is 2.80 bits per heavy atom. The average Bonchev–Trinajstić information content (AvgIpc) is 2.64. The molecule has 1 aliphatic heterocycles. The van der Waals surface area contributed by atoms with Gasteiger partial charge in [0.15, 0.2) is 0 Å². The summed E-state index contributed by atoms with van der Waals surface area (Å²) in [5.41, 5.74) is 2.94. The molecule has 2 aromatic rings. The van der Waals surface area contributed by atoms with Gasteiger partial charge in [-0.05, 0) is 30.5 Å². The molecule has 0 fully saturated rings. The van der Waals surface area contributed by atoms with Crippen LogP contribution in [0, 0.1) is 5.92 Å². The third kappa shape index (κ3) is 4.18. The van der Waals surface area contributed by atoms with Gasteiger partial charge in [0, 0.05) is 30.1 Å². The van der Waals surface area contributed by atoms with E-state index in [2.05, 4.69) is 10.6 Å². The van der Waals surface area contributed by atoms with Gasteiger partial charge in [-0.25, -0.2) is 0 Å². The number of methoxy groups -OCH3 is 1. The van der Waals surface area contributed by atoms with Crippen LogP contribution in [0.5, 0.6) is 5.75 Å². The van der Waals surface area contributed by atoms with Crippen LogP contribution >= 0.6 is 0 Å². The second-order valence-electron chi connectivity index (χ2n) is 6.17. The molecule has 130 valence electrons. The Kier molecular flexibility index (Phi) is 5.33. The summed E-state index contributed by atoms with van der Waals surface area (Å²) in [5, 5.41) is 5.82. The molecular formula is C20H22N2O3. The van der Waals surface area contributed by atoms with Crippen LogP contribution in [0.4, 0.5) is 5.69 Å². The number of rotatable bonds is 6. The molecule has 5 heteroatoms. The minimum absolute atomic E-state index is 0.00349. The highest BCUT2D eigenvalue weighted by molar-refractivity contribution is 5.96. The molecule has 3 rings (SSSR count). The molecule has 2 aromatic carbocycles. The minimum Gasteiger partial charge on any atom is -0.496 e. The number of benzene rings is 2. The summed E-state index contributed by atoms with van der Waals surface area (Å²) in [7, 11) is 1.61. The monoisotopic (exact) mass is 338 g/mol. The second kappa shape index (κ2) is 7.83. The van der Waals surface area contributed by atoms with Crippen molar-refractivity contribution in [3.63, 3.8) is 0 Å². The number of nitrogens with one attached hydrogen (secondary N) is 2. The van der Waals surface area contributed by atoms with Crippen LogP contribution in [0.15, 0.2) is 48.5 Å². The number of fused-ring (bicyclic) bond motifs is 1. The van der Waals surface area contributed by atoms with E-state index in [1.807, 2.05) is 48.5 Å². The topological polar surface area (TPSA) is 67.4 Å². The van der Waals surface area contributed by atoms with Gasteiger partial charge >= 0.3 is 0 Å². The standard InChI is InChI=1S/C20H22N2O3/c1-25-18-9-5-3-7-16(18)13-21-19(23)11-10-15-12-14-6-2-4-8-17(14)22-20(15)24/h2-9,15H,10-13H2,1H3,(H,21,23)(H,22,24). The highest BCUT2D eigenvalue weighted by Gasteiger charge is 2.26. The average molecular weight is 338 g/mol. The Morgan fingerprint density at radius 2 is 1.96 bits per heavy atom. The molecule has 0 bridgehead atoms. The van der Waals surface area contributed by atoms with Crippen molar-refractivity contribution in [2.75, 3.05) is 12.4 Å². The molecule has 0 saturated heterocycles. The number of amides is 2. The predicted molar refractivity (Wildman–Crippen MR) is 96.3 cm³/mol. The van der Waals surface area contributed by atoms with Gasteiger partial charge in [-0.2, -0.15) is 0 Å². The summed E-state index contributed by atoms with van der Waals surface area (Å²) in [6.45, 7) is 0.419. The first-order chi connectivity index (χ1) is 12.2. The number of carbonyl (C=O) groups excluding carboxylic acids is 2. The number of anilines is 1. The first kappa shape index (κ1) is 17.0. The number of para-hydroxylation sites is 2. The number of hydrogen-bond acceptors (Lipinski definition) is 3. The Balaban J connectivity index is 1.50. The molecule has 0 radical (unpaired) electrons. The van der Waals surface area contributed by atoms with Gasteiger partial charge in [-0.1, -0.05) is 36.4 Å². The van der Waals surface area contributed by atoms with Crippen molar-refractivity contribution < 1.29 is 14.3 Å². The van der Waals surface area contributed by atoms with Gasteiger partial charge in [-0.3, -0.25) is 9.59 Å². The van der Waals surface area contributed by atoms with Gasteiger partial charge < -0.3 is 15.4 Å². The van der Waals surface area contributed by atoms with E-state index in [4.69, 9.17) is 4.74 Å². The quantitative estimate of drug-likeness (QED) is 0.851. The molecule has 1 unspecified atom stereocenters. The maximum atomic E-state index is 12.2. The van der Waals surface area contributed by atoms with Crippen LogP contribution < -0.4 is 15.4 Å². The van der Waals surface area contributed by atoms with Gasteiger partial charge in [-0.15, -0.1) is 0 Å². The summed E-state index contributed by atoms with van der Waals surface area (Å²) in [5.74, 6) is 0.534. The third-order valence-corrected chi connectivity index (χ3v) is 4.50. The fourth-order valence-electron chi connectivity index (χ4n) is 3.08. The zero-order chi connectivity index (χ0) is 17.6. The van der Waals surface area contributed by atoms with E-state index in [1.54, 1.807) is 7.11 Å². The van der Waals surface area contributed by atoms with Crippen LogP contribution in [-0.2, 0) is 22.6 Å². The van der Waals surface area contributed by atoms with Crippen LogP contribution in [0.25, 0.3) is 0 Å². The summed E-state index contributed by atoms with van der Waals surface area (Å²) in [4.78, 5) is 24.3. The predicted octanol–water partition coefficient (Wildman–Crippen LogP) is 2.90. The van der Waals surface area contributed by atoms with E-state index in [0.717, 1.165) is 22.6 Å². The molecule has 25 heavy (non-hydrogen) atoms. The van der Waals surface area contributed by atoms with Crippen molar-refractivity contribution in [3.05, 3.63) is 59.7 Å². The molecule has 1 aliphatic rings. The van der Waals surface area contributed by atoms with Crippen LogP contribution in [-0.4, -0.2) is 18.9 Å². The first-order valence-electron chi connectivity index (χ1n) is 8.44. The Hall–Kier alpha value is -2.82. The van der Waals surface area contributed by atoms with E-state index >= 15 is 0 Å². The summed E-state index contributed by atoms with van der Waals surface area (Å²) < 4.78 is 5.28. The van der Waals surface area contributed by atoms with E-state index in [0.29, 0.717) is 25.8 Å². The lowest BCUT2D eigenvalue weighted by Gasteiger charge is -2.24. The Morgan fingerprint density at radius 1 is 1.20 bits per heavy atom. The molecule has 0 aliphatic carbocycles. The molecule has 1 atom stereocenters. The normalized spacial score (nSPS) is 15.9. The molecule has 0 aromatic heterocycles. The summed E-state index contributed by atoms with van der Waals surface area (Å²) >= 11 is 0. The molecule has 1 heterocycles.